The standard InChI is InChI=1S/C7H15NO2S/c1-7(8-2)4-3-5-11(9,10)6-7/h8H,3-6H2,1-2H3. The lowest BCUT2D eigenvalue weighted by Gasteiger charge is -2.32. The van der Waals surface area contributed by atoms with Gasteiger partial charge in [-0.15, -0.1) is 0 Å². The van der Waals surface area contributed by atoms with Gasteiger partial charge in [0.05, 0.1) is 11.5 Å². The molecule has 0 aromatic heterocycles. The van der Waals surface area contributed by atoms with Crippen LogP contribution in [0.5, 0.6) is 0 Å². The molecule has 0 spiro atoms. The Balaban J connectivity index is 2.75. The molecule has 0 saturated carbocycles. The number of hydrogen-bond donors (Lipinski definition) is 1. The average molecular weight is 177 g/mol. The second-order valence-corrected chi connectivity index (χ2v) is 5.69. The van der Waals surface area contributed by atoms with Crippen LogP contribution in [0.3, 0.4) is 0 Å². The molecule has 4 heteroatoms. The molecule has 1 aliphatic rings. The van der Waals surface area contributed by atoms with Gasteiger partial charge in [0.2, 0.25) is 0 Å². The largest absolute Gasteiger partial charge is 0.314 e. The molecule has 0 amide bonds. The van der Waals surface area contributed by atoms with Crippen molar-refractivity contribution in [2.75, 3.05) is 18.6 Å². The molecule has 66 valence electrons. The Morgan fingerprint density at radius 1 is 1.45 bits per heavy atom. The molecule has 1 heterocycles. The zero-order valence-corrected chi connectivity index (χ0v) is 7.87. The van der Waals surface area contributed by atoms with Gasteiger partial charge in [0, 0.05) is 5.54 Å². The fourth-order valence-corrected chi connectivity index (χ4v) is 3.50. The normalized spacial score (nSPS) is 36.9. The van der Waals surface area contributed by atoms with Crippen LogP contribution in [-0.4, -0.2) is 32.5 Å². The van der Waals surface area contributed by atoms with Crippen LogP contribution in [0, 0.1) is 0 Å². The van der Waals surface area contributed by atoms with Crippen molar-refractivity contribution in [3.05, 3.63) is 0 Å². The van der Waals surface area contributed by atoms with Crippen LogP contribution in [0.15, 0.2) is 0 Å². The number of hydrogen-bond acceptors (Lipinski definition) is 3. The molecular weight excluding hydrogens is 162 g/mol. The third kappa shape index (κ3) is 2.17. The number of sulfone groups is 1. The Morgan fingerprint density at radius 2 is 2.09 bits per heavy atom. The van der Waals surface area contributed by atoms with Gasteiger partial charge in [-0.3, -0.25) is 0 Å². The zero-order chi connectivity index (χ0) is 8.54. The summed E-state index contributed by atoms with van der Waals surface area (Å²) in [6.07, 6.45) is 1.75. The average Bonchev–Trinajstić information content (AvgIpc) is 1.85. The maximum Gasteiger partial charge on any atom is 0.152 e. The minimum absolute atomic E-state index is 0.183. The third-order valence-electron chi connectivity index (χ3n) is 2.33. The van der Waals surface area contributed by atoms with Gasteiger partial charge in [-0.25, -0.2) is 8.42 Å². The van der Waals surface area contributed by atoms with Crippen molar-refractivity contribution in [3.63, 3.8) is 0 Å². The smallest absolute Gasteiger partial charge is 0.152 e. The van der Waals surface area contributed by atoms with E-state index in [2.05, 4.69) is 5.32 Å². The van der Waals surface area contributed by atoms with Crippen molar-refractivity contribution >= 4 is 9.84 Å². The van der Waals surface area contributed by atoms with E-state index < -0.39 is 9.84 Å². The predicted molar refractivity (Wildman–Crippen MR) is 45.4 cm³/mol. The minimum atomic E-state index is -2.76. The van der Waals surface area contributed by atoms with Crippen molar-refractivity contribution in [2.45, 2.75) is 25.3 Å². The Kier molecular flexibility index (Phi) is 2.25. The van der Waals surface area contributed by atoms with Crippen LogP contribution in [0.1, 0.15) is 19.8 Å². The first-order valence-electron chi connectivity index (χ1n) is 3.87. The van der Waals surface area contributed by atoms with Crippen LogP contribution in [0.25, 0.3) is 0 Å². The summed E-state index contributed by atoms with van der Waals surface area (Å²) in [6.45, 7) is 1.96. The maximum absolute atomic E-state index is 11.2. The first-order chi connectivity index (χ1) is 4.97. The van der Waals surface area contributed by atoms with E-state index >= 15 is 0 Å². The molecule has 1 N–H and O–H groups in total. The predicted octanol–water partition coefficient (Wildman–Crippen LogP) is 0.173. The summed E-state index contributed by atoms with van der Waals surface area (Å²) in [5.74, 6) is 0.654. The van der Waals surface area contributed by atoms with Gasteiger partial charge in [0.1, 0.15) is 0 Å². The van der Waals surface area contributed by atoms with Crippen molar-refractivity contribution in [1.29, 1.82) is 0 Å². The lowest BCUT2D eigenvalue weighted by Crippen LogP contribution is -2.49. The van der Waals surface area contributed by atoms with Gasteiger partial charge in [-0.1, -0.05) is 0 Å². The second-order valence-electron chi connectivity index (χ2n) is 3.51. The van der Waals surface area contributed by atoms with E-state index in [0.717, 1.165) is 12.8 Å². The van der Waals surface area contributed by atoms with E-state index in [1.54, 1.807) is 0 Å². The van der Waals surface area contributed by atoms with Crippen LogP contribution >= 0.6 is 0 Å². The quantitative estimate of drug-likeness (QED) is 0.621. The molecule has 0 radical (unpaired) electrons. The highest BCUT2D eigenvalue weighted by atomic mass is 32.2. The topological polar surface area (TPSA) is 46.2 Å². The first-order valence-corrected chi connectivity index (χ1v) is 5.69. The van der Waals surface area contributed by atoms with Crippen molar-refractivity contribution in [1.82, 2.24) is 5.32 Å². The molecule has 1 saturated heterocycles. The van der Waals surface area contributed by atoms with E-state index in [-0.39, 0.29) is 11.3 Å². The molecule has 3 nitrogen and oxygen atoms in total. The van der Waals surface area contributed by atoms with Crippen LogP contribution in [0.4, 0.5) is 0 Å². The summed E-state index contributed by atoms with van der Waals surface area (Å²) in [5.41, 5.74) is -0.183. The highest BCUT2D eigenvalue weighted by Crippen LogP contribution is 2.21. The lowest BCUT2D eigenvalue weighted by atomic mass is 9.99. The summed E-state index contributed by atoms with van der Waals surface area (Å²) in [5, 5.41) is 3.06. The summed E-state index contributed by atoms with van der Waals surface area (Å²) in [4.78, 5) is 0. The first kappa shape index (κ1) is 9.00. The Bertz CT molecular complexity index is 235. The van der Waals surface area contributed by atoms with E-state index in [1.165, 1.54) is 0 Å². The van der Waals surface area contributed by atoms with E-state index in [4.69, 9.17) is 0 Å². The molecule has 0 aromatic rings. The Morgan fingerprint density at radius 3 is 2.45 bits per heavy atom. The second kappa shape index (κ2) is 2.75. The fraction of sp³-hybridized carbons (Fsp3) is 1.00. The summed E-state index contributed by atoms with van der Waals surface area (Å²) < 4.78 is 22.4. The molecule has 1 unspecified atom stereocenters. The third-order valence-corrected chi connectivity index (χ3v) is 4.31. The van der Waals surface area contributed by atoms with Gasteiger partial charge < -0.3 is 5.32 Å². The van der Waals surface area contributed by atoms with Crippen molar-refractivity contribution < 1.29 is 8.42 Å². The Hall–Kier alpha value is -0.0900. The number of nitrogens with one attached hydrogen (secondary N) is 1. The lowest BCUT2D eigenvalue weighted by molar-refractivity contribution is 0.375. The monoisotopic (exact) mass is 177 g/mol. The van der Waals surface area contributed by atoms with Crippen molar-refractivity contribution in [2.24, 2.45) is 0 Å². The molecule has 0 aliphatic carbocycles. The van der Waals surface area contributed by atoms with E-state index in [1.807, 2.05) is 14.0 Å². The SMILES string of the molecule is CNC1(C)CCCS(=O)(=O)C1. The highest BCUT2D eigenvalue weighted by molar-refractivity contribution is 7.91. The minimum Gasteiger partial charge on any atom is -0.314 e. The van der Waals surface area contributed by atoms with Crippen LogP contribution < -0.4 is 5.32 Å². The molecule has 1 fully saturated rings. The zero-order valence-electron chi connectivity index (χ0n) is 7.05. The van der Waals surface area contributed by atoms with Gasteiger partial charge in [-0.05, 0) is 26.8 Å². The Labute approximate surface area is 68.1 Å². The van der Waals surface area contributed by atoms with Crippen LogP contribution in [0.2, 0.25) is 0 Å². The number of rotatable bonds is 1. The molecule has 1 aliphatic heterocycles. The molecule has 1 rings (SSSR count). The molecule has 11 heavy (non-hydrogen) atoms. The highest BCUT2D eigenvalue weighted by Gasteiger charge is 2.33. The van der Waals surface area contributed by atoms with Gasteiger partial charge in [0.25, 0.3) is 0 Å². The molecule has 0 bridgehead atoms. The molecule has 1 atom stereocenters. The van der Waals surface area contributed by atoms with Crippen LogP contribution in [-0.2, 0) is 9.84 Å². The van der Waals surface area contributed by atoms with Gasteiger partial charge in [0.15, 0.2) is 9.84 Å². The summed E-state index contributed by atoms with van der Waals surface area (Å²) in [7, 11) is -0.945. The van der Waals surface area contributed by atoms with Crippen molar-refractivity contribution in [3.8, 4) is 0 Å². The fourth-order valence-electron chi connectivity index (χ4n) is 1.51. The summed E-state index contributed by atoms with van der Waals surface area (Å²) >= 11 is 0. The molecule has 0 aromatic carbocycles. The van der Waals surface area contributed by atoms with E-state index in [0.29, 0.717) is 5.75 Å². The maximum atomic E-state index is 11.2. The summed E-state index contributed by atoms with van der Waals surface area (Å²) in [6, 6.07) is 0. The van der Waals surface area contributed by atoms with E-state index in [9.17, 15) is 8.42 Å². The van der Waals surface area contributed by atoms with Gasteiger partial charge >= 0.3 is 0 Å². The van der Waals surface area contributed by atoms with Gasteiger partial charge in [-0.2, -0.15) is 0 Å². The molecular formula is C7H15NO2S.